The smallest absolute Gasteiger partial charge is 0.193 e. The molecule has 1 aliphatic rings. The van der Waals surface area contributed by atoms with Gasteiger partial charge in [0.05, 0.1) is 0 Å². The number of nitrogens with one attached hydrogen (secondary N) is 1. The molecule has 0 aliphatic carbocycles. The number of hydrogen-bond donors (Lipinski definition) is 1. The van der Waals surface area contributed by atoms with Crippen molar-refractivity contribution in [3.8, 4) is 0 Å². The lowest BCUT2D eigenvalue weighted by Crippen LogP contribution is -2.38. The van der Waals surface area contributed by atoms with Crippen molar-refractivity contribution in [2.45, 2.75) is 25.9 Å². The zero-order valence-corrected chi connectivity index (χ0v) is 18.9. The third-order valence-electron chi connectivity index (χ3n) is 4.63. The minimum absolute atomic E-state index is 0. The van der Waals surface area contributed by atoms with E-state index in [9.17, 15) is 0 Å². The monoisotopic (exact) mass is 499 g/mol. The Hall–Kier alpha value is -1.54. The van der Waals surface area contributed by atoms with Crippen molar-refractivity contribution in [1.29, 1.82) is 0 Å². The summed E-state index contributed by atoms with van der Waals surface area (Å²) in [4.78, 5) is 13.4. The van der Waals surface area contributed by atoms with Crippen molar-refractivity contribution >= 4 is 47.4 Å². The molecular formula is C20H27ClIN5. The van der Waals surface area contributed by atoms with Gasteiger partial charge in [-0.15, -0.1) is 24.0 Å². The van der Waals surface area contributed by atoms with Crippen LogP contribution in [0.3, 0.4) is 0 Å². The fourth-order valence-electron chi connectivity index (χ4n) is 3.18. The molecule has 1 N–H and O–H groups in total. The van der Waals surface area contributed by atoms with Crippen LogP contribution in [0.4, 0.5) is 5.82 Å². The first kappa shape index (κ1) is 21.8. The van der Waals surface area contributed by atoms with E-state index < -0.39 is 0 Å². The van der Waals surface area contributed by atoms with Gasteiger partial charge in [-0.25, -0.2) is 4.98 Å². The van der Waals surface area contributed by atoms with E-state index in [0.29, 0.717) is 13.1 Å². The van der Waals surface area contributed by atoms with Crippen LogP contribution in [0.1, 0.15) is 24.0 Å². The first-order chi connectivity index (χ1) is 12.7. The standard InChI is InChI=1S/C20H26ClN5.HI/c1-22-20(25(2)15-17-7-3-4-8-18(17)21)24-14-16-9-10-19(23-13-16)26-11-5-6-12-26;/h3-4,7-10,13H,5-6,11-12,14-15H2,1-2H3,(H,22,24);1H. The molecule has 0 saturated carbocycles. The van der Waals surface area contributed by atoms with E-state index >= 15 is 0 Å². The molecule has 1 saturated heterocycles. The van der Waals surface area contributed by atoms with E-state index in [0.717, 1.165) is 41.0 Å². The van der Waals surface area contributed by atoms with Crippen LogP contribution in [0.5, 0.6) is 0 Å². The molecular weight excluding hydrogens is 473 g/mol. The summed E-state index contributed by atoms with van der Waals surface area (Å²) in [5.41, 5.74) is 2.22. The van der Waals surface area contributed by atoms with Crippen LogP contribution in [0.2, 0.25) is 5.02 Å². The molecule has 0 atom stereocenters. The lowest BCUT2D eigenvalue weighted by Gasteiger charge is -2.23. The number of rotatable bonds is 5. The predicted molar refractivity (Wildman–Crippen MR) is 124 cm³/mol. The van der Waals surface area contributed by atoms with Gasteiger partial charge in [-0.1, -0.05) is 35.9 Å². The fraction of sp³-hybridized carbons (Fsp3) is 0.400. The van der Waals surface area contributed by atoms with Crippen molar-refractivity contribution in [3.63, 3.8) is 0 Å². The third-order valence-corrected chi connectivity index (χ3v) is 5.00. The number of nitrogens with zero attached hydrogens (tertiary/aromatic N) is 4. The molecule has 1 aromatic heterocycles. The molecule has 0 spiro atoms. The van der Waals surface area contributed by atoms with Gasteiger partial charge in [0.25, 0.3) is 0 Å². The molecule has 2 aromatic rings. The van der Waals surface area contributed by atoms with Crippen LogP contribution >= 0.6 is 35.6 Å². The van der Waals surface area contributed by atoms with Crippen LogP contribution in [-0.4, -0.2) is 43.0 Å². The Labute approximate surface area is 183 Å². The molecule has 0 radical (unpaired) electrons. The van der Waals surface area contributed by atoms with Gasteiger partial charge >= 0.3 is 0 Å². The average molecular weight is 500 g/mol. The normalized spacial score (nSPS) is 14.0. The van der Waals surface area contributed by atoms with Crippen LogP contribution < -0.4 is 10.2 Å². The van der Waals surface area contributed by atoms with Gasteiger partial charge in [0.2, 0.25) is 0 Å². The highest BCUT2D eigenvalue weighted by molar-refractivity contribution is 14.0. The number of halogens is 2. The Balaban J connectivity index is 0.00000261. The summed E-state index contributed by atoms with van der Waals surface area (Å²) in [6.07, 6.45) is 4.47. The van der Waals surface area contributed by atoms with Crippen molar-refractivity contribution in [3.05, 3.63) is 58.7 Å². The Morgan fingerprint density at radius 3 is 2.59 bits per heavy atom. The first-order valence-electron chi connectivity index (χ1n) is 9.02. The second-order valence-corrected chi connectivity index (χ2v) is 6.97. The zero-order chi connectivity index (χ0) is 18.4. The second-order valence-electron chi connectivity index (χ2n) is 6.57. The fourth-order valence-corrected chi connectivity index (χ4v) is 3.37. The number of benzene rings is 1. The number of aliphatic imine (C=N–C) groups is 1. The van der Waals surface area contributed by atoms with Crippen LogP contribution in [0.25, 0.3) is 0 Å². The van der Waals surface area contributed by atoms with Crippen LogP contribution in [0, 0.1) is 0 Å². The molecule has 1 aliphatic heterocycles. The van der Waals surface area contributed by atoms with Gasteiger partial charge in [0, 0.05) is 51.5 Å². The van der Waals surface area contributed by atoms with E-state index in [1.165, 1.54) is 12.8 Å². The number of hydrogen-bond acceptors (Lipinski definition) is 3. The maximum atomic E-state index is 6.26. The van der Waals surface area contributed by atoms with Gasteiger partial charge in [-0.2, -0.15) is 0 Å². The lowest BCUT2D eigenvalue weighted by atomic mass is 10.2. The molecule has 1 fully saturated rings. The molecule has 2 heterocycles. The van der Waals surface area contributed by atoms with E-state index in [1.807, 2.05) is 37.5 Å². The summed E-state index contributed by atoms with van der Waals surface area (Å²) in [6.45, 7) is 3.62. The first-order valence-corrected chi connectivity index (χ1v) is 9.40. The van der Waals surface area contributed by atoms with E-state index in [1.54, 1.807) is 7.05 Å². The van der Waals surface area contributed by atoms with Gasteiger partial charge in [-0.05, 0) is 36.1 Å². The molecule has 0 amide bonds. The van der Waals surface area contributed by atoms with Gasteiger partial charge in [0.1, 0.15) is 5.82 Å². The molecule has 1 aromatic carbocycles. The summed E-state index contributed by atoms with van der Waals surface area (Å²) in [5, 5.41) is 4.17. The summed E-state index contributed by atoms with van der Waals surface area (Å²) in [5.74, 6) is 1.90. The molecule has 146 valence electrons. The topological polar surface area (TPSA) is 43.8 Å². The number of anilines is 1. The largest absolute Gasteiger partial charge is 0.357 e. The van der Waals surface area contributed by atoms with Crippen molar-refractivity contribution in [2.24, 2.45) is 4.99 Å². The highest BCUT2D eigenvalue weighted by Crippen LogP contribution is 2.18. The number of aromatic nitrogens is 1. The third kappa shape index (κ3) is 5.97. The Kier molecular flexibility index (Phi) is 8.63. The molecule has 0 unspecified atom stereocenters. The molecule has 27 heavy (non-hydrogen) atoms. The Bertz CT molecular complexity index is 744. The average Bonchev–Trinajstić information content (AvgIpc) is 3.19. The van der Waals surface area contributed by atoms with Gasteiger partial charge in [0.15, 0.2) is 5.96 Å². The van der Waals surface area contributed by atoms with Crippen LogP contribution in [0.15, 0.2) is 47.6 Å². The zero-order valence-electron chi connectivity index (χ0n) is 15.9. The molecule has 5 nitrogen and oxygen atoms in total. The molecule has 7 heteroatoms. The minimum atomic E-state index is 0. The van der Waals surface area contributed by atoms with Gasteiger partial charge < -0.3 is 15.1 Å². The molecule has 3 rings (SSSR count). The summed E-state index contributed by atoms with van der Waals surface area (Å²) >= 11 is 6.26. The van der Waals surface area contributed by atoms with E-state index in [2.05, 4.69) is 37.2 Å². The summed E-state index contributed by atoms with van der Waals surface area (Å²) in [6, 6.07) is 12.1. The SMILES string of the molecule is CN=C(NCc1ccc(N2CCCC2)nc1)N(C)Cc1ccccc1Cl.I. The maximum absolute atomic E-state index is 6.26. The quantitative estimate of drug-likeness (QED) is 0.381. The summed E-state index contributed by atoms with van der Waals surface area (Å²) in [7, 11) is 3.80. The number of pyridine rings is 1. The van der Waals surface area contributed by atoms with Crippen LogP contribution in [-0.2, 0) is 13.1 Å². The number of guanidine groups is 1. The maximum Gasteiger partial charge on any atom is 0.193 e. The van der Waals surface area contributed by atoms with Gasteiger partial charge in [-0.3, -0.25) is 4.99 Å². The second kappa shape index (κ2) is 10.7. The van der Waals surface area contributed by atoms with E-state index in [4.69, 9.17) is 11.6 Å². The van der Waals surface area contributed by atoms with E-state index in [-0.39, 0.29) is 24.0 Å². The Morgan fingerprint density at radius 1 is 1.22 bits per heavy atom. The lowest BCUT2D eigenvalue weighted by molar-refractivity contribution is 0.476. The highest BCUT2D eigenvalue weighted by atomic mass is 127. The van der Waals surface area contributed by atoms with Crippen molar-refractivity contribution < 1.29 is 0 Å². The highest BCUT2D eigenvalue weighted by Gasteiger charge is 2.13. The van der Waals surface area contributed by atoms with Crippen molar-refractivity contribution in [2.75, 3.05) is 32.1 Å². The van der Waals surface area contributed by atoms with Crippen molar-refractivity contribution in [1.82, 2.24) is 15.2 Å². The Morgan fingerprint density at radius 2 is 1.96 bits per heavy atom. The molecule has 0 bridgehead atoms. The summed E-state index contributed by atoms with van der Waals surface area (Å²) < 4.78 is 0. The predicted octanol–water partition coefficient (Wildman–Crippen LogP) is 4.16. The minimum Gasteiger partial charge on any atom is -0.357 e.